The fourth-order valence-electron chi connectivity index (χ4n) is 11.7. The average Bonchev–Trinajstić information content (AvgIpc) is 3.61. The Balaban J connectivity index is 1.37. The van der Waals surface area contributed by atoms with Crippen molar-refractivity contribution in [2.75, 3.05) is 39.4 Å². The highest BCUT2D eigenvalue weighted by Gasteiger charge is 2.65. The minimum Gasteiger partial charge on any atom is -0.394 e. The molecule has 0 aliphatic heterocycles. The standard InChI is InChI=1S/C42H75N3O16/c1-21(24-7-8-25-32-26(18-30(52)42(24,25)3)41(2)11-10-23(48)16-22(41)17-27(32)49)6-9-31(53)45(14-4-12-43-39(60)37(58)35(56)33(54)28(50)19-46)15-5-13-44-40(61)38(59)36(57)34(55)29(51)20-47/h21-30,32-38,46-52,54-59H,4-20H2,1-3H3,(H,43,60)(H,44,61)/t21-,22-,23+,24+,25-,26-,27-,28-,29-,30-,32-,33-,34+,35-,36-,37-,38-,41+,42-/m1/s1. The summed E-state index contributed by atoms with van der Waals surface area (Å²) < 4.78 is 0. The Kier molecular flexibility index (Phi) is 18.7. The molecule has 3 amide bonds. The van der Waals surface area contributed by atoms with Crippen LogP contribution >= 0.6 is 0 Å². The number of nitrogens with one attached hydrogen (secondary N) is 2. The first-order valence-corrected chi connectivity index (χ1v) is 22.2. The first-order valence-electron chi connectivity index (χ1n) is 22.2. The molecular formula is C42H75N3O16. The highest BCUT2D eigenvalue weighted by Crippen LogP contribution is 2.68. The van der Waals surface area contributed by atoms with Crippen LogP contribution in [-0.2, 0) is 14.4 Å². The molecule has 0 heterocycles. The van der Waals surface area contributed by atoms with Crippen molar-refractivity contribution >= 4 is 17.7 Å². The summed E-state index contributed by atoms with van der Waals surface area (Å²) in [5.74, 6) is -1.73. The maximum atomic E-state index is 13.9. The number of carbonyl (C=O) groups is 3. The van der Waals surface area contributed by atoms with Crippen LogP contribution in [0.4, 0.5) is 0 Å². The minimum atomic E-state index is -2.13. The van der Waals surface area contributed by atoms with E-state index >= 15 is 0 Å². The molecule has 0 bridgehead atoms. The van der Waals surface area contributed by atoms with E-state index in [1.165, 1.54) is 4.90 Å². The number of fused-ring (bicyclic) bond motifs is 5. The van der Waals surface area contributed by atoms with Crippen LogP contribution in [0.25, 0.3) is 0 Å². The fourth-order valence-corrected chi connectivity index (χ4v) is 11.7. The third-order valence-electron chi connectivity index (χ3n) is 15.5. The number of hydrogen-bond donors (Lipinski definition) is 15. The van der Waals surface area contributed by atoms with Crippen LogP contribution in [0.3, 0.4) is 0 Å². The number of rotatable bonds is 22. The Bertz CT molecular complexity index is 1380. The van der Waals surface area contributed by atoms with E-state index in [-0.39, 0.29) is 98.4 Å². The topological polar surface area (TPSA) is 342 Å². The lowest BCUT2D eigenvalue weighted by Crippen LogP contribution is -2.62. The predicted molar refractivity (Wildman–Crippen MR) is 216 cm³/mol. The van der Waals surface area contributed by atoms with Crippen LogP contribution in [0.15, 0.2) is 0 Å². The summed E-state index contributed by atoms with van der Waals surface area (Å²) >= 11 is 0. The van der Waals surface area contributed by atoms with Gasteiger partial charge in [0.1, 0.15) is 36.6 Å². The van der Waals surface area contributed by atoms with Crippen LogP contribution in [0, 0.1) is 46.3 Å². The zero-order valence-corrected chi connectivity index (χ0v) is 35.8. The summed E-state index contributed by atoms with van der Waals surface area (Å²) in [4.78, 5) is 40.3. The van der Waals surface area contributed by atoms with Crippen molar-refractivity contribution in [3.63, 3.8) is 0 Å². The van der Waals surface area contributed by atoms with Gasteiger partial charge in [0.25, 0.3) is 11.8 Å². The van der Waals surface area contributed by atoms with Crippen LogP contribution in [0.2, 0.25) is 0 Å². The van der Waals surface area contributed by atoms with E-state index in [9.17, 15) is 70.6 Å². The van der Waals surface area contributed by atoms with E-state index < -0.39 is 91.5 Å². The average molecular weight is 878 g/mol. The maximum Gasteiger partial charge on any atom is 0.251 e. The van der Waals surface area contributed by atoms with Crippen molar-refractivity contribution < 1.29 is 80.8 Å². The lowest BCUT2D eigenvalue weighted by Gasteiger charge is -2.63. The van der Waals surface area contributed by atoms with Crippen LogP contribution in [-0.4, -0.2) is 196 Å². The fraction of sp³-hybridized carbons (Fsp3) is 0.929. The second-order valence-electron chi connectivity index (χ2n) is 19.1. The summed E-state index contributed by atoms with van der Waals surface area (Å²) in [6.07, 6.45) is -11.3. The van der Waals surface area contributed by atoms with Gasteiger partial charge in [-0.3, -0.25) is 14.4 Å². The minimum absolute atomic E-state index is 0.0275. The molecule has 4 saturated carbocycles. The van der Waals surface area contributed by atoms with Crippen LogP contribution < -0.4 is 10.6 Å². The Morgan fingerprint density at radius 1 is 0.705 bits per heavy atom. The van der Waals surface area contributed by atoms with Crippen molar-refractivity contribution in [3.8, 4) is 0 Å². The van der Waals surface area contributed by atoms with E-state index in [1.807, 2.05) is 0 Å². The third kappa shape index (κ3) is 11.4. The van der Waals surface area contributed by atoms with Gasteiger partial charge < -0.3 is 81.9 Å². The summed E-state index contributed by atoms with van der Waals surface area (Å²) in [5.41, 5.74) is -0.524. The monoisotopic (exact) mass is 878 g/mol. The van der Waals surface area contributed by atoms with Gasteiger partial charge in [-0.2, -0.15) is 0 Å². The van der Waals surface area contributed by atoms with Gasteiger partial charge in [0.2, 0.25) is 5.91 Å². The van der Waals surface area contributed by atoms with Gasteiger partial charge in [0.05, 0.1) is 31.5 Å². The largest absolute Gasteiger partial charge is 0.394 e. The van der Waals surface area contributed by atoms with Crippen LogP contribution in [0.5, 0.6) is 0 Å². The number of hydrogen-bond acceptors (Lipinski definition) is 16. The van der Waals surface area contributed by atoms with E-state index in [4.69, 9.17) is 10.2 Å². The molecule has 4 aliphatic rings. The smallest absolute Gasteiger partial charge is 0.251 e. The SMILES string of the molecule is C[C@H](CCC(=O)N(CCCNC(=O)[C@H](O)[C@H](O)[C@@H](O)[C@H](O)CO)CCCNC(=O)[C@H](O)[C@H](O)[C@H](O)[C@H](O)CO)[C@@H]1CC[C@@H]2[C@H]3[C@H](O)C[C@H]4C[C@@H](O)CC[C@]4(C)[C@@H]3C[C@@H](O)[C@@]21C. The first kappa shape index (κ1) is 51.5. The quantitative estimate of drug-likeness (QED) is 0.0462. The number of nitrogens with zero attached hydrogens (tertiary/aromatic N) is 1. The zero-order valence-electron chi connectivity index (χ0n) is 35.8. The van der Waals surface area contributed by atoms with Crippen molar-refractivity contribution in [2.45, 2.75) is 159 Å². The Morgan fingerprint density at radius 3 is 1.74 bits per heavy atom. The molecular weight excluding hydrogens is 802 g/mol. The molecule has 0 saturated heterocycles. The van der Waals surface area contributed by atoms with Gasteiger partial charge in [0, 0.05) is 32.6 Å². The number of aliphatic hydroxyl groups is 13. The molecule has 61 heavy (non-hydrogen) atoms. The lowest BCUT2D eigenvalue weighted by molar-refractivity contribution is -0.207. The van der Waals surface area contributed by atoms with Gasteiger partial charge in [-0.15, -0.1) is 0 Å². The van der Waals surface area contributed by atoms with Gasteiger partial charge in [-0.25, -0.2) is 0 Å². The van der Waals surface area contributed by atoms with E-state index in [2.05, 4.69) is 31.4 Å². The molecule has 4 rings (SSSR count). The molecule has 0 spiro atoms. The summed E-state index contributed by atoms with van der Waals surface area (Å²) in [5, 5.41) is 136. The van der Waals surface area contributed by atoms with Crippen molar-refractivity contribution in [1.29, 1.82) is 0 Å². The Labute approximate surface area is 357 Å². The molecule has 0 aromatic heterocycles. The zero-order chi connectivity index (χ0) is 45.6. The van der Waals surface area contributed by atoms with Crippen LogP contribution in [0.1, 0.15) is 91.4 Å². The molecule has 19 heteroatoms. The first-order chi connectivity index (χ1) is 28.6. The van der Waals surface area contributed by atoms with Gasteiger partial charge >= 0.3 is 0 Å². The van der Waals surface area contributed by atoms with Crippen molar-refractivity contribution in [2.24, 2.45) is 46.3 Å². The number of carbonyl (C=O) groups excluding carboxylic acids is 3. The maximum absolute atomic E-state index is 13.9. The van der Waals surface area contributed by atoms with E-state index in [0.717, 1.165) is 25.7 Å². The van der Waals surface area contributed by atoms with Crippen molar-refractivity contribution in [1.82, 2.24) is 15.5 Å². The normalized spacial score (nSPS) is 35.5. The second kappa shape index (κ2) is 22.2. The highest BCUT2D eigenvalue weighted by molar-refractivity contribution is 5.81. The lowest BCUT2D eigenvalue weighted by atomic mass is 9.43. The van der Waals surface area contributed by atoms with Gasteiger partial charge in [0.15, 0.2) is 12.2 Å². The molecule has 0 aromatic rings. The molecule has 4 fully saturated rings. The molecule has 19 nitrogen and oxygen atoms in total. The van der Waals surface area contributed by atoms with Crippen molar-refractivity contribution in [3.05, 3.63) is 0 Å². The number of amides is 3. The molecule has 354 valence electrons. The highest BCUT2D eigenvalue weighted by atomic mass is 16.4. The molecule has 0 aromatic carbocycles. The van der Waals surface area contributed by atoms with E-state index in [0.29, 0.717) is 25.7 Å². The second-order valence-corrected chi connectivity index (χ2v) is 19.1. The summed E-state index contributed by atoms with van der Waals surface area (Å²) in [6, 6.07) is 0. The summed E-state index contributed by atoms with van der Waals surface area (Å²) in [6.45, 7) is 4.76. The predicted octanol–water partition coefficient (Wildman–Crippen LogP) is -3.92. The third-order valence-corrected chi connectivity index (χ3v) is 15.5. The Hall–Kier alpha value is -2.11. The molecule has 0 unspecified atom stereocenters. The Morgan fingerprint density at radius 2 is 1.23 bits per heavy atom. The molecule has 0 radical (unpaired) electrons. The number of aliphatic hydroxyl groups excluding tert-OH is 13. The van der Waals surface area contributed by atoms with E-state index in [1.54, 1.807) is 0 Å². The summed E-state index contributed by atoms with van der Waals surface area (Å²) in [7, 11) is 0. The van der Waals surface area contributed by atoms with Gasteiger partial charge in [-0.1, -0.05) is 20.8 Å². The molecule has 19 atom stereocenters. The molecule has 4 aliphatic carbocycles. The molecule has 15 N–H and O–H groups in total. The van der Waals surface area contributed by atoms with Gasteiger partial charge in [-0.05, 0) is 111 Å².